The summed E-state index contributed by atoms with van der Waals surface area (Å²) in [6, 6.07) is 16.4. The molecule has 0 aliphatic heterocycles. The number of hydrogen-bond donors (Lipinski definition) is 4. The van der Waals surface area contributed by atoms with E-state index in [1.165, 1.54) is 22.3 Å². The number of carbonyl (C=O) groups excluding carboxylic acids is 2. The van der Waals surface area contributed by atoms with Gasteiger partial charge in [-0.25, -0.2) is 4.79 Å². The molecule has 2 aromatic carbocycles. The fourth-order valence-electron chi connectivity index (χ4n) is 5.34. The maximum Gasteiger partial charge on any atom is 0.407 e. The monoisotopic (exact) mass is 656 g/mol. The summed E-state index contributed by atoms with van der Waals surface area (Å²) >= 11 is 0. The summed E-state index contributed by atoms with van der Waals surface area (Å²) in [6.45, 7) is 6.46. The second kappa shape index (κ2) is 21.3. The second-order valence-electron chi connectivity index (χ2n) is 11.7. The first-order valence-electron chi connectivity index (χ1n) is 16.2. The standard InChI is InChI=1S/C34H52N6O7/c1-35-12-15-39(25-33(42)43)18-19-40(17-16-38(2)3)24-32(41)36-13-20-45-22-23-46-21-14-37-34(44)47-26-31-29-10-6-4-8-27(29)28-9-5-7-11-30(28)31/h4-11,31,35H,12-26H2,1-3H3,(H,36,41)(H,37,44)(H,42,43). The number of fused-ring (bicyclic) bond motifs is 3. The molecule has 0 heterocycles. The zero-order valence-electron chi connectivity index (χ0n) is 28.0. The third-order valence-corrected chi connectivity index (χ3v) is 7.80. The fourth-order valence-corrected chi connectivity index (χ4v) is 5.34. The number of nitrogens with one attached hydrogen (secondary N) is 3. The van der Waals surface area contributed by atoms with Gasteiger partial charge in [0.25, 0.3) is 0 Å². The van der Waals surface area contributed by atoms with Gasteiger partial charge < -0.3 is 40.2 Å². The summed E-state index contributed by atoms with van der Waals surface area (Å²) < 4.78 is 16.6. The van der Waals surface area contributed by atoms with Gasteiger partial charge in [-0.3, -0.25) is 19.4 Å². The van der Waals surface area contributed by atoms with Crippen molar-refractivity contribution in [3.05, 3.63) is 59.7 Å². The van der Waals surface area contributed by atoms with Crippen LogP contribution in [0.3, 0.4) is 0 Å². The maximum absolute atomic E-state index is 12.6. The van der Waals surface area contributed by atoms with Crippen molar-refractivity contribution < 1.29 is 33.7 Å². The number of carboxylic acid groups (broad SMARTS) is 1. The molecule has 0 spiro atoms. The lowest BCUT2D eigenvalue weighted by molar-refractivity contribution is -0.138. The minimum absolute atomic E-state index is 0.0167. The molecule has 0 aromatic heterocycles. The molecule has 3 rings (SSSR count). The highest BCUT2D eigenvalue weighted by atomic mass is 16.6. The van der Waals surface area contributed by atoms with Crippen LogP contribution in [0.15, 0.2) is 48.5 Å². The van der Waals surface area contributed by atoms with Gasteiger partial charge in [0.1, 0.15) is 6.61 Å². The van der Waals surface area contributed by atoms with Crippen LogP contribution in [0.2, 0.25) is 0 Å². The number of benzene rings is 2. The zero-order chi connectivity index (χ0) is 33.9. The van der Waals surface area contributed by atoms with E-state index >= 15 is 0 Å². The van der Waals surface area contributed by atoms with Crippen molar-refractivity contribution >= 4 is 18.0 Å². The lowest BCUT2D eigenvalue weighted by Crippen LogP contribution is -2.45. The second-order valence-corrected chi connectivity index (χ2v) is 11.7. The van der Waals surface area contributed by atoms with Gasteiger partial charge in [-0.1, -0.05) is 48.5 Å². The Labute approximate surface area is 278 Å². The fraction of sp³-hybridized carbons (Fsp3) is 0.559. The quantitative estimate of drug-likeness (QED) is 0.121. The molecule has 2 amide bonds. The highest BCUT2D eigenvalue weighted by Crippen LogP contribution is 2.44. The van der Waals surface area contributed by atoms with E-state index in [4.69, 9.17) is 14.2 Å². The predicted molar refractivity (Wildman–Crippen MR) is 181 cm³/mol. The lowest BCUT2D eigenvalue weighted by atomic mass is 9.98. The van der Waals surface area contributed by atoms with E-state index < -0.39 is 12.1 Å². The molecule has 0 unspecified atom stereocenters. The summed E-state index contributed by atoms with van der Waals surface area (Å²) in [4.78, 5) is 42.0. The molecule has 0 radical (unpaired) electrons. The first-order valence-corrected chi connectivity index (χ1v) is 16.2. The van der Waals surface area contributed by atoms with Crippen LogP contribution >= 0.6 is 0 Å². The van der Waals surface area contributed by atoms with Gasteiger partial charge in [0.15, 0.2) is 0 Å². The average Bonchev–Trinajstić information content (AvgIpc) is 3.37. The van der Waals surface area contributed by atoms with E-state index in [0.29, 0.717) is 72.2 Å². The minimum atomic E-state index is -0.866. The third-order valence-electron chi connectivity index (χ3n) is 7.80. The van der Waals surface area contributed by atoms with E-state index in [1.54, 1.807) is 0 Å². The van der Waals surface area contributed by atoms with Gasteiger partial charge in [0, 0.05) is 58.3 Å². The molecule has 1 aliphatic carbocycles. The van der Waals surface area contributed by atoms with Gasteiger partial charge >= 0.3 is 12.1 Å². The molecule has 1 aliphatic rings. The van der Waals surface area contributed by atoms with Crippen molar-refractivity contribution in [2.24, 2.45) is 0 Å². The Kier molecular flexibility index (Phi) is 17.2. The molecule has 0 bridgehead atoms. The number of rotatable bonds is 24. The Morgan fingerprint density at radius 3 is 1.85 bits per heavy atom. The van der Waals surface area contributed by atoms with Crippen LogP contribution in [0.4, 0.5) is 4.79 Å². The number of hydrogen-bond acceptors (Lipinski definition) is 10. The van der Waals surface area contributed by atoms with Gasteiger partial charge in [-0.15, -0.1) is 0 Å². The van der Waals surface area contributed by atoms with Gasteiger partial charge in [-0.05, 0) is 43.4 Å². The van der Waals surface area contributed by atoms with Gasteiger partial charge in [-0.2, -0.15) is 0 Å². The SMILES string of the molecule is CNCCN(CCN(CCN(C)C)CC(=O)NCCOCCOCCNC(=O)OCC1c2ccccc2-c2ccccc21)CC(=O)O. The molecule has 4 N–H and O–H groups in total. The van der Waals surface area contributed by atoms with Crippen molar-refractivity contribution in [1.82, 2.24) is 30.7 Å². The molecule has 13 heteroatoms. The van der Waals surface area contributed by atoms with Crippen molar-refractivity contribution in [1.29, 1.82) is 0 Å². The molecular formula is C34H52N6O7. The van der Waals surface area contributed by atoms with E-state index in [9.17, 15) is 19.5 Å². The van der Waals surface area contributed by atoms with Crippen LogP contribution in [0.1, 0.15) is 17.0 Å². The first-order chi connectivity index (χ1) is 22.8. The molecule has 0 atom stereocenters. The van der Waals surface area contributed by atoms with Gasteiger partial charge in [0.05, 0.1) is 39.5 Å². The molecule has 0 fully saturated rings. The van der Waals surface area contributed by atoms with E-state index in [1.807, 2.05) is 60.1 Å². The number of likely N-dealkylation sites (N-methyl/N-ethyl adjacent to an activating group) is 2. The number of aliphatic carboxylic acids is 1. The largest absolute Gasteiger partial charge is 0.480 e. The maximum atomic E-state index is 12.6. The first kappa shape index (κ1) is 37.9. The zero-order valence-corrected chi connectivity index (χ0v) is 28.0. The molecule has 260 valence electrons. The smallest absolute Gasteiger partial charge is 0.407 e. The number of alkyl carbamates (subject to hydrolysis) is 1. The number of nitrogens with zero attached hydrogens (tertiary/aromatic N) is 3. The summed E-state index contributed by atoms with van der Waals surface area (Å²) in [5, 5.41) is 17.9. The molecule has 2 aromatic rings. The van der Waals surface area contributed by atoms with Crippen LogP contribution in [-0.2, 0) is 23.8 Å². The normalized spacial score (nSPS) is 12.4. The Balaban J connectivity index is 1.22. The van der Waals surface area contributed by atoms with Crippen molar-refractivity contribution in [3.63, 3.8) is 0 Å². The van der Waals surface area contributed by atoms with Crippen molar-refractivity contribution in [3.8, 4) is 11.1 Å². The molecule has 13 nitrogen and oxygen atoms in total. The molecule has 0 saturated carbocycles. The Morgan fingerprint density at radius 2 is 1.28 bits per heavy atom. The number of ether oxygens (including phenoxy) is 3. The van der Waals surface area contributed by atoms with Crippen LogP contribution < -0.4 is 16.0 Å². The van der Waals surface area contributed by atoms with Crippen LogP contribution in [0.5, 0.6) is 0 Å². The summed E-state index contributed by atoms with van der Waals surface area (Å²) in [6.07, 6.45) is -0.478. The Morgan fingerprint density at radius 1 is 0.723 bits per heavy atom. The van der Waals surface area contributed by atoms with Crippen LogP contribution in [0.25, 0.3) is 11.1 Å². The highest BCUT2D eigenvalue weighted by Gasteiger charge is 2.29. The van der Waals surface area contributed by atoms with Crippen LogP contribution in [0, 0.1) is 0 Å². The number of amides is 2. The van der Waals surface area contributed by atoms with E-state index in [2.05, 4.69) is 40.2 Å². The molecule has 0 saturated heterocycles. The predicted octanol–water partition coefficient (Wildman–Crippen LogP) is 1.14. The Bertz CT molecular complexity index is 1200. The number of carbonyl (C=O) groups is 3. The summed E-state index contributed by atoms with van der Waals surface area (Å²) in [7, 11) is 5.78. The highest BCUT2D eigenvalue weighted by molar-refractivity contribution is 5.79. The average molecular weight is 657 g/mol. The van der Waals surface area contributed by atoms with E-state index in [-0.39, 0.29) is 31.5 Å². The topological polar surface area (TPSA) is 145 Å². The molecular weight excluding hydrogens is 604 g/mol. The van der Waals surface area contributed by atoms with E-state index in [0.717, 1.165) is 6.54 Å². The van der Waals surface area contributed by atoms with Gasteiger partial charge in [0.2, 0.25) is 5.91 Å². The lowest BCUT2D eigenvalue weighted by Gasteiger charge is -2.27. The third kappa shape index (κ3) is 14.0. The van der Waals surface area contributed by atoms with Crippen molar-refractivity contribution in [2.75, 3.05) is 120 Å². The summed E-state index contributed by atoms with van der Waals surface area (Å²) in [5.74, 6) is -0.958. The number of carboxylic acids is 1. The Hall–Kier alpha value is -3.59. The minimum Gasteiger partial charge on any atom is -0.480 e. The summed E-state index contributed by atoms with van der Waals surface area (Å²) in [5.41, 5.74) is 4.71. The van der Waals surface area contributed by atoms with Crippen LogP contribution in [-0.4, -0.2) is 157 Å². The van der Waals surface area contributed by atoms with Crippen molar-refractivity contribution in [2.45, 2.75) is 5.92 Å². The molecule has 47 heavy (non-hydrogen) atoms.